The summed E-state index contributed by atoms with van der Waals surface area (Å²) in [4.78, 5) is 35.0. The Labute approximate surface area is 332 Å². The molecule has 54 heavy (non-hydrogen) atoms. The van der Waals surface area contributed by atoms with E-state index in [1.807, 2.05) is 0 Å². The molecule has 0 radical (unpaired) electrons. The minimum atomic E-state index is -4.35. The third-order valence-electron chi connectivity index (χ3n) is 9.54. The molecule has 0 heterocycles. The number of allylic oxidation sites excluding steroid dienone is 4. The second-order valence-electron chi connectivity index (χ2n) is 14.9. The second kappa shape index (κ2) is 41.1. The van der Waals surface area contributed by atoms with Crippen molar-refractivity contribution in [3.63, 3.8) is 0 Å². The Hall–Kier alpha value is -1.51. The van der Waals surface area contributed by atoms with Gasteiger partial charge in [-0.15, -0.1) is 0 Å². The fraction of sp³-hybridized carbons (Fsp3) is 0.864. The van der Waals surface area contributed by atoms with Crippen molar-refractivity contribution in [2.24, 2.45) is 0 Å². The van der Waals surface area contributed by atoms with E-state index in [9.17, 15) is 19.0 Å². The fourth-order valence-electron chi connectivity index (χ4n) is 6.12. The Morgan fingerprint density at radius 3 is 1.43 bits per heavy atom. The predicted molar refractivity (Wildman–Crippen MR) is 225 cm³/mol. The van der Waals surface area contributed by atoms with Crippen LogP contribution in [-0.4, -0.2) is 56.3 Å². The number of hydrogen-bond donors (Lipinski definition) is 2. The summed E-state index contributed by atoms with van der Waals surface area (Å²) >= 11 is 0. The number of hydrogen-bond acceptors (Lipinski definition) is 8. The first kappa shape index (κ1) is 52.5. The van der Waals surface area contributed by atoms with Crippen LogP contribution in [0.3, 0.4) is 0 Å². The first-order chi connectivity index (χ1) is 26.3. The average molecular weight is 786 g/mol. The summed E-state index contributed by atoms with van der Waals surface area (Å²) in [5.74, 6) is -0.814. The van der Waals surface area contributed by atoms with Gasteiger partial charge >= 0.3 is 19.8 Å². The molecule has 0 saturated carbocycles. The number of phosphoric acid groups is 1. The summed E-state index contributed by atoms with van der Waals surface area (Å²) in [6, 6.07) is 0. The zero-order chi connectivity index (χ0) is 39.6. The second-order valence-corrected chi connectivity index (χ2v) is 16.3. The largest absolute Gasteiger partial charge is 0.472 e. The molecule has 0 aromatic heterocycles. The van der Waals surface area contributed by atoms with E-state index in [0.717, 1.165) is 57.8 Å². The average Bonchev–Trinajstić information content (AvgIpc) is 3.15. The summed E-state index contributed by atoms with van der Waals surface area (Å²) in [5, 5.41) is 2.82. The van der Waals surface area contributed by atoms with E-state index >= 15 is 0 Å². The van der Waals surface area contributed by atoms with Crippen molar-refractivity contribution < 1.29 is 37.6 Å². The molecule has 0 bridgehead atoms. The van der Waals surface area contributed by atoms with Gasteiger partial charge in [0.1, 0.15) is 6.61 Å². The topological polar surface area (TPSA) is 120 Å². The fourth-order valence-corrected chi connectivity index (χ4v) is 6.87. The number of nitrogens with one attached hydrogen (secondary N) is 1. The summed E-state index contributed by atoms with van der Waals surface area (Å²) in [7, 11) is -2.65. The van der Waals surface area contributed by atoms with Gasteiger partial charge < -0.3 is 19.7 Å². The quantitative estimate of drug-likeness (QED) is 0.0270. The van der Waals surface area contributed by atoms with Crippen molar-refractivity contribution in [2.75, 3.05) is 33.4 Å². The zero-order valence-corrected chi connectivity index (χ0v) is 36.1. The molecule has 2 unspecified atom stereocenters. The van der Waals surface area contributed by atoms with E-state index in [-0.39, 0.29) is 32.0 Å². The third kappa shape index (κ3) is 40.2. The number of likely N-dealkylation sites (N-methyl/N-ethyl adjacent to an activating group) is 1. The van der Waals surface area contributed by atoms with Gasteiger partial charge in [-0.3, -0.25) is 18.6 Å². The molecule has 0 aromatic carbocycles. The predicted octanol–water partition coefficient (Wildman–Crippen LogP) is 12.6. The maximum Gasteiger partial charge on any atom is 0.472 e. The highest BCUT2D eigenvalue weighted by Gasteiger charge is 2.26. The lowest BCUT2D eigenvalue weighted by molar-refractivity contribution is -0.161. The Bertz CT molecular complexity index is 944. The van der Waals surface area contributed by atoms with Gasteiger partial charge in [0.25, 0.3) is 0 Å². The van der Waals surface area contributed by atoms with Gasteiger partial charge in [-0.05, 0) is 64.8 Å². The van der Waals surface area contributed by atoms with Gasteiger partial charge in [-0.25, -0.2) is 4.57 Å². The lowest BCUT2D eigenvalue weighted by Crippen LogP contribution is -2.29. The number of phosphoric ester groups is 1. The van der Waals surface area contributed by atoms with Crippen molar-refractivity contribution in [2.45, 2.75) is 213 Å². The van der Waals surface area contributed by atoms with E-state index < -0.39 is 26.5 Å². The molecular formula is C44H84NO8P. The van der Waals surface area contributed by atoms with Crippen LogP contribution in [0.15, 0.2) is 24.3 Å². The summed E-state index contributed by atoms with van der Waals surface area (Å²) in [6.45, 7) is 4.19. The van der Waals surface area contributed by atoms with Gasteiger partial charge in [-0.2, -0.15) is 0 Å². The Morgan fingerprint density at radius 1 is 0.556 bits per heavy atom. The van der Waals surface area contributed by atoms with E-state index in [2.05, 4.69) is 43.5 Å². The van der Waals surface area contributed by atoms with Crippen LogP contribution in [0.5, 0.6) is 0 Å². The molecule has 0 aliphatic rings. The van der Waals surface area contributed by atoms with E-state index in [0.29, 0.717) is 13.0 Å². The summed E-state index contributed by atoms with van der Waals surface area (Å²) in [5.41, 5.74) is 0. The molecule has 0 fully saturated rings. The molecule has 2 atom stereocenters. The first-order valence-corrected chi connectivity index (χ1v) is 23.8. The van der Waals surface area contributed by atoms with Crippen molar-refractivity contribution in [1.82, 2.24) is 5.32 Å². The van der Waals surface area contributed by atoms with E-state index in [1.165, 1.54) is 116 Å². The van der Waals surface area contributed by atoms with Crippen LogP contribution in [0.25, 0.3) is 0 Å². The van der Waals surface area contributed by atoms with Crippen molar-refractivity contribution >= 4 is 19.8 Å². The van der Waals surface area contributed by atoms with Crippen molar-refractivity contribution in [1.29, 1.82) is 0 Å². The van der Waals surface area contributed by atoms with Gasteiger partial charge in [0.2, 0.25) is 0 Å². The summed E-state index contributed by atoms with van der Waals surface area (Å²) < 4.78 is 33.2. The van der Waals surface area contributed by atoms with Gasteiger partial charge in [0, 0.05) is 19.4 Å². The molecule has 0 aliphatic carbocycles. The Kier molecular flexibility index (Phi) is 40.0. The molecule has 0 spiro atoms. The van der Waals surface area contributed by atoms with Gasteiger partial charge in [0.05, 0.1) is 13.2 Å². The summed E-state index contributed by atoms with van der Waals surface area (Å²) in [6.07, 6.45) is 42.3. The van der Waals surface area contributed by atoms with Crippen LogP contribution >= 0.6 is 7.82 Å². The first-order valence-electron chi connectivity index (χ1n) is 22.3. The highest BCUT2D eigenvalue weighted by Crippen LogP contribution is 2.43. The number of esters is 2. The monoisotopic (exact) mass is 786 g/mol. The maximum absolute atomic E-state index is 12.6. The molecule has 2 N–H and O–H groups in total. The maximum atomic E-state index is 12.6. The standard InChI is InChI=1S/C44H84NO8P/c1-4-6-8-10-12-14-16-17-18-19-20-21-22-23-24-25-27-29-31-33-35-37-44(47)53-42(41-52-54(48,49)51-39-38-45-3)40-50-43(46)36-34-32-30-28-26-15-13-11-9-7-5-2/h11,13,17-18,42,45H,4-10,12,14-16,19-41H2,1-3H3,(H,48,49)/b13-11-,18-17-. The highest BCUT2D eigenvalue weighted by molar-refractivity contribution is 7.47. The molecule has 0 rings (SSSR count). The van der Waals surface area contributed by atoms with Crippen molar-refractivity contribution in [3.8, 4) is 0 Å². The van der Waals surface area contributed by atoms with E-state index in [1.54, 1.807) is 7.05 Å². The Balaban J connectivity index is 4.13. The molecule has 0 aromatic rings. The van der Waals surface area contributed by atoms with Crippen molar-refractivity contribution in [3.05, 3.63) is 24.3 Å². The number of carbonyl (C=O) groups excluding carboxylic acids is 2. The smallest absolute Gasteiger partial charge is 0.462 e. The lowest BCUT2D eigenvalue weighted by Gasteiger charge is -2.20. The van der Waals surface area contributed by atoms with Crippen LogP contribution < -0.4 is 5.32 Å². The normalized spacial score (nSPS) is 13.5. The van der Waals surface area contributed by atoms with Gasteiger partial charge in [-0.1, -0.05) is 160 Å². The number of ether oxygens (including phenoxy) is 2. The van der Waals surface area contributed by atoms with Crippen LogP contribution in [0, 0.1) is 0 Å². The lowest BCUT2D eigenvalue weighted by atomic mass is 10.0. The highest BCUT2D eigenvalue weighted by atomic mass is 31.2. The zero-order valence-electron chi connectivity index (χ0n) is 35.2. The van der Waals surface area contributed by atoms with Crippen LogP contribution in [0.4, 0.5) is 0 Å². The molecule has 10 heteroatoms. The number of rotatable bonds is 42. The SMILES string of the molecule is CCCC/C=C\CCCCCCCC(=O)OCC(COP(=O)(O)OCCNC)OC(=O)CCCCCCCCCCCCC/C=C\CCCCCCCC. The Morgan fingerprint density at radius 2 is 0.963 bits per heavy atom. The molecule has 318 valence electrons. The minimum absolute atomic E-state index is 0.0170. The molecule has 0 saturated heterocycles. The van der Waals surface area contributed by atoms with Gasteiger partial charge in [0.15, 0.2) is 6.10 Å². The van der Waals surface area contributed by atoms with Crippen LogP contribution in [-0.2, 0) is 32.7 Å². The molecule has 0 aliphatic heterocycles. The molecular weight excluding hydrogens is 701 g/mol. The van der Waals surface area contributed by atoms with E-state index in [4.69, 9.17) is 18.5 Å². The number of carbonyl (C=O) groups is 2. The van der Waals surface area contributed by atoms with Crippen LogP contribution in [0.1, 0.15) is 206 Å². The molecule has 9 nitrogen and oxygen atoms in total. The number of unbranched alkanes of at least 4 members (excludes halogenated alkanes) is 24. The molecule has 0 amide bonds. The third-order valence-corrected chi connectivity index (χ3v) is 10.5. The minimum Gasteiger partial charge on any atom is -0.462 e. The van der Waals surface area contributed by atoms with Crippen LogP contribution in [0.2, 0.25) is 0 Å².